The molecule has 9 heteroatoms. The van der Waals surface area contributed by atoms with Crippen molar-refractivity contribution in [3.8, 4) is 11.5 Å². The fourth-order valence-electron chi connectivity index (χ4n) is 2.51. The molecule has 4 aromatic rings. The molecule has 3 aromatic heterocycles. The van der Waals surface area contributed by atoms with Crippen LogP contribution >= 0.6 is 11.6 Å². The van der Waals surface area contributed by atoms with Crippen LogP contribution in [0.2, 0.25) is 5.02 Å². The van der Waals surface area contributed by atoms with Crippen molar-refractivity contribution in [3.63, 3.8) is 0 Å². The number of ether oxygens (including phenoxy) is 1. The van der Waals surface area contributed by atoms with Gasteiger partial charge >= 0.3 is 11.7 Å². The van der Waals surface area contributed by atoms with E-state index in [1.54, 1.807) is 53.2 Å². The lowest BCUT2D eigenvalue weighted by atomic mass is 10.2. The van der Waals surface area contributed by atoms with Gasteiger partial charge in [0.2, 0.25) is 5.89 Å². The van der Waals surface area contributed by atoms with Gasteiger partial charge < -0.3 is 13.6 Å². The molecule has 0 aliphatic rings. The molecule has 27 heavy (non-hydrogen) atoms. The molecule has 0 atom stereocenters. The lowest BCUT2D eigenvalue weighted by molar-refractivity contribution is -0.146. The molecule has 3 heterocycles. The number of rotatable bonds is 5. The van der Waals surface area contributed by atoms with Gasteiger partial charge in [0.1, 0.15) is 18.8 Å². The Morgan fingerprint density at radius 3 is 2.78 bits per heavy atom. The Morgan fingerprint density at radius 2 is 1.96 bits per heavy atom. The summed E-state index contributed by atoms with van der Waals surface area (Å²) >= 11 is 5.92. The van der Waals surface area contributed by atoms with Gasteiger partial charge in [0, 0.05) is 18.0 Å². The first-order valence-corrected chi connectivity index (χ1v) is 8.38. The highest BCUT2D eigenvalue weighted by Crippen LogP contribution is 2.14. The molecule has 0 bridgehead atoms. The van der Waals surface area contributed by atoms with Crippen molar-refractivity contribution < 1.29 is 13.9 Å². The Morgan fingerprint density at radius 1 is 1.15 bits per heavy atom. The Kier molecular flexibility index (Phi) is 4.47. The van der Waals surface area contributed by atoms with Crippen LogP contribution in [-0.4, -0.2) is 25.1 Å². The molecule has 0 aliphatic carbocycles. The van der Waals surface area contributed by atoms with Crippen LogP contribution in [0.1, 0.15) is 5.69 Å². The van der Waals surface area contributed by atoms with Gasteiger partial charge in [0.05, 0.1) is 10.7 Å². The Labute approximate surface area is 157 Å². The van der Waals surface area contributed by atoms with E-state index in [4.69, 9.17) is 20.8 Å². The maximum atomic E-state index is 12.0. The van der Waals surface area contributed by atoms with Crippen LogP contribution in [0.15, 0.2) is 64.1 Å². The molecular weight excluding hydrogens is 372 g/mol. The molecule has 0 radical (unpaired) electrons. The fourth-order valence-corrected chi connectivity index (χ4v) is 2.68. The summed E-state index contributed by atoms with van der Waals surface area (Å²) in [6, 6.07) is 12.4. The molecule has 136 valence electrons. The van der Waals surface area contributed by atoms with Crippen molar-refractivity contribution in [2.45, 2.75) is 13.2 Å². The molecule has 8 nitrogen and oxygen atoms in total. The zero-order valence-corrected chi connectivity index (χ0v) is 14.7. The summed E-state index contributed by atoms with van der Waals surface area (Å²) in [7, 11) is 0. The maximum absolute atomic E-state index is 12.0. The van der Waals surface area contributed by atoms with Crippen molar-refractivity contribution >= 4 is 23.2 Å². The number of imidazole rings is 1. The number of aromatic nitrogens is 4. The van der Waals surface area contributed by atoms with Gasteiger partial charge in [0.25, 0.3) is 0 Å². The standard InChI is InChI=1S/C18H13ClN4O4/c19-13-6-7-15-20-14(9-22(15)8-13)11-26-16(24)10-23-18(25)27-17(21-23)12-4-2-1-3-5-12/h1-9H,10-11H2. The number of benzene rings is 1. The fraction of sp³-hybridized carbons (Fsp3) is 0.111. The number of esters is 1. The summed E-state index contributed by atoms with van der Waals surface area (Å²) < 4.78 is 12.9. The third-order valence-electron chi connectivity index (χ3n) is 3.75. The smallest absolute Gasteiger partial charge is 0.437 e. The zero-order valence-electron chi connectivity index (χ0n) is 13.9. The molecule has 1 aromatic carbocycles. The quantitative estimate of drug-likeness (QED) is 0.491. The van der Waals surface area contributed by atoms with E-state index in [0.717, 1.165) is 4.68 Å². The number of hydrogen-bond donors (Lipinski definition) is 0. The SMILES string of the molecule is O=C(Cn1nc(-c2ccccc2)oc1=O)OCc1cn2cc(Cl)ccc2n1. The average molecular weight is 385 g/mol. The first-order valence-electron chi connectivity index (χ1n) is 8.00. The van der Waals surface area contributed by atoms with Crippen molar-refractivity contribution in [2.75, 3.05) is 0 Å². The van der Waals surface area contributed by atoms with E-state index in [1.165, 1.54) is 0 Å². The topological polar surface area (TPSA) is 91.6 Å². The second kappa shape index (κ2) is 7.08. The molecule has 4 rings (SSSR count). The summed E-state index contributed by atoms with van der Waals surface area (Å²) in [5, 5.41) is 4.59. The molecule has 0 aliphatic heterocycles. The van der Waals surface area contributed by atoms with E-state index < -0.39 is 11.7 Å². The summed E-state index contributed by atoms with van der Waals surface area (Å²) in [5.41, 5.74) is 1.89. The minimum atomic E-state index is -0.729. The molecule has 0 saturated carbocycles. The molecule has 0 unspecified atom stereocenters. The van der Waals surface area contributed by atoms with E-state index in [9.17, 15) is 9.59 Å². The predicted octanol–water partition coefficient (Wildman–Crippen LogP) is 2.55. The summed E-state index contributed by atoms with van der Waals surface area (Å²) in [4.78, 5) is 28.2. The number of halogens is 1. The summed E-state index contributed by atoms with van der Waals surface area (Å²) in [5.74, 6) is -1.21. The second-order valence-corrected chi connectivity index (χ2v) is 6.14. The molecule has 0 amide bonds. The van der Waals surface area contributed by atoms with E-state index in [0.29, 0.717) is 21.9 Å². The van der Waals surface area contributed by atoms with E-state index >= 15 is 0 Å². The molecule has 0 fully saturated rings. The monoisotopic (exact) mass is 384 g/mol. The third kappa shape index (κ3) is 3.75. The average Bonchev–Trinajstić information content (AvgIpc) is 3.23. The van der Waals surface area contributed by atoms with Gasteiger partial charge in [-0.2, -0.15) is 4.68 Å². The lowest BCUT2D eigenvalue weighted by Gasteiger charge is -2.01. The third-order valence-corrected chi connectivity index (χ3v) is 3.98. The summed E-state index contributed by atoms with van der Waals surface area (Å²) in [6.07, 6.45) is 3.42. The Balaban J connectivity index is 1.42. The summed E-state index contributed by atoms with van der Waals surface area (Å²) in [6.45, 7) is -0.384. The van der Waals surface area contributed by atoms with Crippen LogP contribution in [0.5, 0.6) is 0 Å². The van der Waals surface area contributed by atoms with Crippen LogP contribution < -0.4 is 5.76 Å². The molecular formula is C18H13ClN4O4. The Hall–Kier alpha value is -3.39. The van der Waals surface area contributed by atoms with Gasteiger partial charge in [-0.25, -0.2) is 9.78 Å². The Bertz CT molecular complexity index is 1160. The van der Waals surface area contributed by atoms with Gasteiger partial charge in [-0.1, -0.05) is 29.8 Å². The van der Waals surface area contributed by atoms with Crippen LogP contribution in [0.3, 0.4) is 0 Å². The second-order valence-electron chi connectivity index (χ2n) is 5.70. The van der Waals surface area contributed by atoms with Gasteiger partial charge in [-0.3, -0.25) is 4.79 Å². The van der Waals surface area contributed by atoms with Crippen molar-refractivity contribution in [1.29, 1.82) is 0 Å². The number of pyridine rings is 1. The van der Waals surface area contributed by atoms with Crippen LogP contribution in [0.25, 0.3) is 17.1 Å². The highest BCUT2D eigenvalue weighted by Gasteiger charge is 2.14. The lowest BCUT2D eigenvalue weighted by Crippen LogP contribution is -2.23. The van der Waals surface area contributed by atoms with E-state index in [2.05, 4.69) is 10.1 Å². The number of nitrogens with zero attached hydrogens (tertiary/aromatic N) is 4. The number of carbonyl (C=O) groups is 1. The molecule has 0 spiro atoms. The van der Waals surface area contributed by atoms with Crippen molar-refractivity contribution in [2.24, 2.45) is 0 Å². The highest BCUT2D eigenvalue weighted by molar-refractivity contribution is 6.30. The van der Waals surface area contributed by atoms with Crippen LogP contribution in [0.4, 0.5) is 0 Å². The minimum absolute atomic E-state index is 0.0315. The van der Waals surface area contributed by atoms with E-state index in [1.807, 2.05) is 6.07 Å². The molecule has 0 saturated heterocycles. The van der Waals surface area contributed by atoms with Crippen molar-refractivity contribution in [1.82, 2.24) is 19.2 Å². The van der Waals surface area contributed by atoms with Gasteiger partial charge in [-0.05, 0) is 24.3 Å². The van der Waals surface area contributed by atoms with Crippen molar-refractivity contribution in [3.05, 3.63) is 76.1 Å². The first kappa shape index (κ1) is 17.0. The number of fused-ring (bicyclic) bond motifs is 1. The normalized spacial score (nSPS) is 11.0. The minimum Gasteiger partial charge on any atom is -0.458 e. The molecule has 0 N–H and O–H groups in total. The van der Waals surface area contributed by atoms with Crippen LogP contribution in [-0.2, 0) is 22.7 Å². The largest absolute Gasteiger partial charge is 0.458 e. The highest BCUT2D eigenvalue weighted by atomic mass is 35.5. The zero-order chi connectivity index (χ0) is 18.8. The van der Waals surface area contributed by atoms with Crippen LogP contribution in [0, 0.1) is 0 Å². The maximum Gasteiger partial charge on any atom is 0.437 e. The number of carbonyl (C=O) groups excluding carboxylic acids is 1. The number of hydrogen-bond acceptors (Lipinski definition) is 6. The van der Waals surface area contributed by atoms with Gasteiger partial charge in [0.15, 0.2) is 0 Å². The van der Waals surface area contributed by atoms with Gasteiger partial charge in [-0.15, -0.1) is 5.10 Å². The first-order chi connectivity index (χ1) is 13.1. The predicted molar refractivity (Wildman–Crippen MR) is 96.2 cm³/mol. The van der Waals surface area contributed by atoms with E-state index in [-0.39, 0.29) is 19.0 Å².